The lowest BCUT2D eigenvalue weighted by Gasteiger charge is -2.36. The van der Waals surface area contributed by atoms with Crippen molar-refractivity contribution in [2.75, 3.05) is 54.1 Å². The van der Waals surface area contributed by atoms with Crippen LogP contribution in [0.15, 0.2) is 24.3 Å². The van der Waals surface area contributed by atoms with Crippen LogP contribution < -0.4 is 9.47 Å². The summed E-state index contributed by atoms with van der Waals surface area (Å²) in [6.45, 7) is 2.57. The molecule has 6 nitrogen and oxygen atoms in total. The molecule has 1 aromatic carbocycles. The molecule has 6 heteroatoms. The van der Waals surface area contributed by atoms with Gasteiger partial charge in [-0.3, -0.25) is 4.79 Å². The first-order valence-electron chi connectivity index (χ1n) is 7.39. The van der Waals surface area contributed by atoms with Crippen LogP contribution in [-0.2, 0) is 9.53 Å². The summed E-state index contributed by atoms with van der Waals surface area (Å²) in [7, 11) is 5.58. The molecule has 1 heterocycles. The third-order valence-corrected chi connectivity index (χ3v) is 3.53. The highest BCUT2D eigenvalue weighted by Crippen LogP contribution is 2.19. The molecule has 2 rings (SSSR count). The molecule has 1 aromatic rings. The fraction of sp³-hybridized carbons (Fsp3) is 0.562. The number of rotatable bonds is 6. The van der Waals surface area contributed by atoms with Gasteiger partial charge in [0.15, 0.2) is 6.61 Å². The van der Waals surface area contributed by atoms with Gasteiger partial charge in [0.1, 0.15) is 11.5 Å². The predicted molar refractivity (Wildman–Crippen MR) is 83.4 cm³/mol. The minimum atomic E-state index is -0.0158. The van der Waals surface area contributed by atoms with Crippen LogP contribution in [0.5, 0.6) is 11.5 Å². The fourth-order valence-corrected chi connectivity index (χ4v) is 2.47. The van der Waals surface area contributed by atoms with E-state index in [2.05, 4.69) is 4.90 Å². The Bertz CT molecular complexity index is 493. The van der Waals surface area contributed by atoms with E-state index in [1.165, 1.54) is 0 Å². The molecule has 0 saturated carbocycles. The topological polar surface area (TPSA) is 51.2 Å². The van der Waals surface area contributed by atoms with Gasteiger partial charge in [-0.2, -0.15) is 0 Å². The maximum atomic E-state index is 12.4. The van der Waals surface area contributed by atoms with E-state index in [0.29, 0.717) is 31.3 Å². The maximum absolute atomic E-state index is 12.4. The predicted octanol–water partition coefficient (Wildman–Crippen LogP) is 0.863. The Kier molecular flexibility index (Phi) is 6.03. The second kappa shape index (κ2) is 8.00. The summed E-state index contributed by atoms with van der Waals surface area (Å²) in [6, 6.07) is 7.33. The molecule has 122 valence electrons. The lowest BCUT2D eigenvalue weighted by atomic mass is 10.2. The van der Waals surface area contributed by atoms with Crippen molar-refractivity contribution in [1.29, 1.82) is 0 Å². The highest BCUT2D eigenvalue weighted by atomic mass is 16.5. The highest BCUT2D eigenvalue weighted by Gasteiger charge is 2.27. The standard InChI is InChI=1S/C16H24N2O4/c1-17(2)10-13-11-21-8-7-18(13)16(19)12-22-15-6-4-5-14(9-15)20-3/h4-6,9,13H,7-8,10-12H2,1-3H3/t13-/m0/s1. The summed E-state index contributed by atoms with van der Waals surface area (Å²) in [6.07, 6.45) is 0. The number of likely N-dealkylation sites (N-methyl/N-ethyl adjacent to an activating group) is 1. The largest absolute Gasteiger partial charge is 0.497 e. The highest BCUT2D eigenvalue weighted by molar-refractivity contribution is 5.78. The molecule has 0 bridgehead atoms. The van der Waals surface area contributed by atoms with E-state index in [9.17, 15) is 4.79 Å². The number of hydrogen-bond donors (Lipinski definition) is 0. The van der Waals surface area contributed by atoms with Crippen molar-refractivity contribution in [3.63, 3.8) is 0 Å². The van der Waals surface area contributed by atoms with E-state index in [1.807, 2.05) is 37.2 Å². The Morgan fingerprint density at radius 1 is 1.41 bits per heavy atom. The van der Waals surface area contributed by atoms with Crippen LogP contribution in [0.25, 0.3) is 0 Å². The van der Waals surface area contributed by atoms with Crippen LogP contribution in [0.3, 0.4) is 0 Å². The van der Waals surface area contributed by atoms with Crippen molar-refractivity contribution in [2.24, 2.45) is 0 Å². The normalized spacial score (nSPS) is 18.4. The number of methoxy groups -OCH3 is 1. The van der Waals surface area contributed by atoms with E-state index < -0.39 is 0 Å². The first kappa shape index (κ1) is 16.6. The molecule has 0 radical (unpaired) electrons. The Balaban J connectivity index is 1.91. The molecule has 1 atom stereocenters. The average Bonchev–Trinajstić information content (AvgIpc) is 2.53. The Labute approximate surface area is 131 Å². The van der Waals surface area contributed by atoms with E-state index in [4.69, 9.17) is 14.2 Å². The number of carbonyl (C=O) groups is 1. The van der Waals surface area contributed by atoms with Crippen LogP contribution in [0.1, 0.15) is 0 Å². The van der Waals surface area contributed by atoms with Crippen molar-refractivity contribution >= 4 is 5.91 Å². The second-order valence-electron chi connectivity index (χ2n) is 5.55. The lowest BCUT2D eigenvalue weighted by molar-refractivity contribution is -0.142. The smallest absolute Gasteiger partial charge is 0.260 e. The Morgan fingerprint density at radius 2 is 2.18 bits per heavy atom. The van der Waals surface area contributed by atoms with Gasteiger partial charge in [0.05, 0.1) is 26.4 Å². The quantitative estimate of drug-likeness (QED) is 0.780. The third-order valence-electron chi connectivity index (χ3n) is 3.53. The number of nitrogens with zero attached hydrogens (tertiary/aromatic N) is 2. The van der Waals surface area contributed by atoms with Gasteiger partial charge in [-0.15, -0.1) is 0 Å². The summed E-state index contributed by atoms with van der Waals surface area (Å²) >= 11 is 0. The van der Waals surface area contributed by atoms with Gasteiger partial charge in [0, 0.05) is 19.2 Å². The van der Waals surface area contributed by atoms with E-state index in [-0.39, 0.29) is 18.6 Å². The van der Waals surface area contributed by atoms with E-state index >= 15 is 0 Å². The van der Waals surface area contributed by atoms with Gasteiger partial charge in [0.2, 0.25) is 0 Å². The molecule has 1 aliphatic rings. The number of morpholine rings is 1. The van der Waals surface area contributed by atoms with E-state index in [1.54, 1.807) is 13.2 Å². The van der Waals surface area contributed by atoms with Gasteiger partial charge in [-0.1, -0.05) is 6.07 Å². The third kappa shape index (κ3) is 4.61. The van der Waals surface area contributed by atoms with Crippen LogP contribution in [-0.4, -0.2) is 75.9 Å². The molecular weight excluding hydrogens is 284 g/mol. The van der Waals surface area contributed by atoms with E-state index in [0.717, 1.165) is 6.54 Å². The first-order valence-corrected chi connectivity index (χ1v) is 7.39. The SMILES string of the molecule is COc1cccc(OCC(=O)N2CCOC[C@@H]2CN(C)C)c1. The van der Waals surface area contributed by atoms with Crippen LogP contribution in [0, 0.1) is 0 Å². The minimum Gasteiger partial charge on any atom is -0.497 e. The van der Waals surface area contributed by atoms with Gasteiger partial charge < -0.3 is 24.0 Å². The molecular formula is C16H24N2O4. The zero-order valence-corrected chi connectivity index (χ0v) is 13.4. The molecule has 0 N–H and O–H groups in total. The monoisotopic (exact) mass is 308 g/mol. The van der Waals surface area contributed by atoms with Crippen molar-refractivity contribution in [2.45, 2.75) is 6.04 Å². The second-order valence-corrected chi connectivity index (χ2v) is 5.55. The average molecular weight is 308 g/mol. The minimum absolute atomic E-state index is 0.0158. The molecule has 0 spiro atoms. The molecule has 0 aliphatic carbocycles. The summed E-state index contributed by atoms with van der Waals surface area (Å²) in [4.78, 5) is 16.3. The summed E-state index contributed by atoms with van der Waals surface area (Å²) < 4.78 is 16.2. The summed E-state index contributed by atoms with van der Waals surface area (Å²) in [5.41, 5.74) is 0. The fourth-order valence-electron chi connectivity index (χ4n) is 2.47. The number of hydrogen-bond acceptors (Lipinski definition) is 5. The molecule has 22 heavy (non-hydrogen) atoms. The molecule has 0 aromatic heterocycles. The number of carbonyl (C=O) groups excluding carboxylic acids is 1. The van der Waals surface area contributed by atoms with Gasteiger partial charge >= 0.3 is 0 Å². The number of ether oxygens (including phenoxy) is 3. The van der Waals surface area contributed by atoms with Crippen LogP contribution in [0.2, 0.25) is 0 Å². The zero-order chi connectivity index (χ0) is 15.9. The van der Waals surface area contributed by atoms with Crippen molar-refractivity contribution in [3.8, 4) is 11.5 Å². The Hall–Kier alpha value is -1.79. The van der Waals surface area contributed by atoms with Crippen LogP contribution in [0.4, 0.5) is 0 Å². The summed E-state index contributed by atoms with van der Waals surface area (Å²) in [5.74, 6) is 1.32. The molecule has 1 saturated heterocycles. The van der Waals surface area contributed by atoms with Crippen molar-refractivity contribution < 1.29 is 19.0 Å². The molecule has 0 unspecified atom stereocenters. The zero-order valence-electron chi connectivity index (χ0n) is 13.4. The molecule has 1 aliphatic heterocycles. The van der Waals surface area contributed by atoms with Gasteiger partial charge in [0.25, 0.3) is 5.91 Å². The summed E-state index contributed by atoms with van der Waals surface area (Å²) in [5, 5.41) is 0. The maximum Gasteiger partial charge on any atom is 0.260 e. The van der Waals surface area contributed by atoms with Gasteiger partial charge in [-0.25, -0.2) is 0 Å². The Morgan fingerprint density at radius 3 is 2.91 bits per heavy atom. The molecule has 1 fully saturated rings. The lowest BCUT2D eigenvalue weighted by Crippen LogP contribution is -2.53. The van der Waals surface area contributed by atoms with Crippen LogP contribution >= 0.6 is 0 Å². The first-order chi connectivity index (χ1) is 10.6. The molecule has 1 amide bonds. The van der Waals surface area contributed by atoms with Gasteiger partial charge in [-0.05, 0) is 26.2 Å². The number of amides is 1. The van der Waals surface area contributed by atoms with Crippen molar-refractivity contribution in [3.05, 3.63) is 24.3 Å². The van der Waals surface area contributed by atoms with Crippen molar-refractivity contribution in [1.82, 2.24) is 9.80 Å². The number of benzene rings is 1.